The highest BCUT2D eigenvalue weighted by Crippen LogP contribution is 2.59. The zero-order chi connectivity index (χ0) is 19.0. The Kier molecular flexibility index (Phi) is 8.29. The molecule has 7 nitrogen and oxygen atoms in total. The first-order valence-electron chi connectivity index (χ1n) is 8.42. The molecule has 0 fully saturated rings. The molecule has 0 aromatic carbocycles. The zero-order valence-corrected chi connectivity index (χ0v) is 16.2. The first kappa shape index (κ1) is 21.4. The lowest BCUT2D eigenvalue weighted by molar-refractivity contribution is 0.225. The highest BCUT2D eigenvalue weighted by Gasteiger charge is 2.32. The van der Waals surface area contributed by atoms with E-state index in [1.807, 2.05) is 6.92 Å². The smallest absolute Gasteiger partial charge is 0.306 e. The van der Waals surface area contributed by atoms with Crippen LogP contribution in [-0.4, -0.2) is 22.8 Å². The molecule has 0 aliphatic heterocycles. The molecular formula is C17H27N2O5P. The van der Waals surface area contributed by atoms with Crippen LogP contribution < -0.4 is 11.2 Å². The van der Waals surface area contributed by atoms with Crippen LogP contribution in [0.5, 0.6) is 0 Å². The quantitative estimate of drug-likeness (QED) is 0.501. The Morgan fingerprint density at radius 2 is 1.88 bits per heavy atom. The van der Waals surface area contributed by atoms with Gasteiger partial charge in [-0.3, -0.25) is 18.9 Å². The average Bonchev–Trinajstić information content (AvgIpc) is 2.55. The van der Waals surface area contributed by atoms with Crippen molar-refractivity contribution in [3.8, 4) is 0 Å². The number of rotatable bonds is 10. The number of aromatic amines is 1. The normalized spacial score (nSPS) is 12.8. The standard InChI is InChI=1S/C17H27N2O5P/c1-6-10-11-15(25(22,23-8-3)24-9-4)14(7-2)19-12-13(5)16(20)18-17(19)21/h7,12H,2,6,8-11H2,1,3-5H3,(H,18,20,21)/b15-14-. The number of allylic oxidation sites excluding steroid dienone is 3. The number of hydrogen-bond donors (Lipinski definition) is 1. The average molecular weight is 370 g/mol. The minimum absolute atomic E-state index is 0.205. The van der Waals surface area contributed by atoms with Crippen LogP contribution in [0.4, 0.5) is 0 Å². The van der Waals surface area contributed by atoms with Gasteiger partial charge in [0, 0.05) is 11.8 Å². The van der Waals surface area contributed by atoms with Crippen molar-refractivity contribution in [1.82, 2.24) is 9.55 Å². The highest BCUT2D eigenvalue weighted by atomic mass is 31.2. The first-order valence-corrected chi connectivity index (χ1v) is 9.97. The second-order valence-electron chi connectivity index (χ2n) is 5.41. The first-order chi connectivity index (χ1) is 11.8. The van der Waals surface area contributed by atoms with E-state index in [1.54, 1.807) is 20.8 Å². The highest BCUT2D eigenvalue weighted by molar-refractivity contribution is 7.58. The van der Waals surface area contributed by atoms with E-state index >= 15 is 0 Å². The second kappa shape index (κ2) is 9.70. The van der Waals surface area contributed by atoms with E-state index in [4.69, 9.17) is 9.05 Å². The monoisotopic (exact) mass is 370 g/mol. The maximum absolute atomic E-state index is 13.3. The Bertz CT molecular complexity index is 781. The second-order valence-corrected chi connectivity index (χ2v) is 7.47. The Hall–Kier alpha value is -1.69. The maximum atomic E-state index is 13.3. The van der Waals surface area contributed by atoms with Crippen molar-refractivity contribution >= 4 is 13.3 Å². The molecule has 0 amide bonds. The van der Waals surface area contributed by atoms with Crippen LogP contribution in [0.3, 0.4) is 0 Å². The van der Waals surface area contributed by atoms with Gasteiger partial charge in [-0.05, 0) is 39.7 Å². The molecule has 0 atom stereocenters. The van der Waals surface area contributed by atoms with Crippen LogP contribution in [0.15, 0.2) is 33.8 Å². The molecule has 1 aromatic heterocycles. The van der Waals surface area contributed by atoms with Crippen molar-refractivity contribution in [3.05, 3.63) is 50.6 Å². The van der Waals surface area contributed by atoms with Crippen LogP contribution in [0, 0.1) is 6.92 Å². The third-order valence-corrected chi connectivity index (χ3v) is 5.87. The Morgan fingerprint density at radius 3 is 2.36 bits per heavy atom. The van der Waals surface area contributed by atoms with Crippen LogP contribution in [0.1, 0.15) is 45.6 Å². The number of aromatic nitrogens is 2. The number of aryl methyl sites for hydroxylation is 1. The van der Waals surface area contributed by atoms with Crippen molar-refractivity contribution in [2.45, 2.75) is 47.0 Å². The molecule has 0 spiro atoms. The van der Waals surface area contributed by atoms with Crippen molar-refractivity contribution in [2.75, 3.05) is 13.2 Å². The summed E-state index contributed by atoms with van der Waals surface area (Å²) in [7, 11) is -3.59. The Balaban J connectivity index is 3.73. The topological polar surface area (TPSA) is 90.4 Å². The van der Waals surface area contributed by atoms with E-state index in [1.165, 1.54) is 16.8 Å². The SMILES string of the molecule is C=C/C(=C(\CCCC)P(=O)(OCC)OCC)n1cc(C)c(=O)[nH]c1=O. The van der Waals surface area contributed by atoms with E-state index in [2.05, 4.69) is 11.6 Å². The molecule has 25 heavy (non-hydrogen) atoms. The van der Waals surface area contributed by atoms with E-state index < -0.39 is 18.8 Å². The summed E-state index contributed by atoms with van der Waals surface area (Å²) >= 11 is 0. The van der Waals surface area contributed by atoms with E-state index in [9.17, 15) is 14.2 Å². The van der Waals surface area contributed by atoms with Crippen molar-refractivity contribution in [1.29, 1.82) is 0 Å². The fourth-order valence-corrected chi connectivity index (χ4v) is 4.36. The van der Waals surface area contributed by atoms with Crippen LogP contribution >= 0.6 is 7.60 Å². The molecule has 1 rings (SSSR count). The molecule has 0 saturated carbocycles. The molecule has 140 valence electrons. The fourth-order valence-electron chi connectivity index (χ4n) is 2.38. The minimum atomic E-state index is -3.59. The van der Waals surface area contributed by atoms with Crippen molar-refractivity contribution < 1.29 is 13.6 Å². The Labute approximate surface area is 147 Å². The summed E-state index contributed by atoms with van der Waals surface area (Å²) in [5, 5.41) is 0.390. The number of nitrogens with zero attached hydrogens (tertiary/aromatic N) is 1. The van der Waals surface area contributed by atoms with E-state index in [-0.39, 0.29) is 13.2 Å². The summed E-state index contributed by atoms with van der Waals surface area (Å²) in [6.07, 6.45) is 4.89. The fraction of sp³-hybridized carbons (Fsp3) is 0.529. The van der Waals surface area contributed by atoms with Gasteiger partial charge in [-0.15, -0.1) is 0 Å². The Morgan fingerprint density at radius 1 is 1.28 bits per heavy atom. The summed E-state index contributed by atoms with van der Waals surface area (Å²) in [6.45, 7) is 11.2. The molecule has 1 N–H and O–H groups in total. The van der Waals surface area contributed by atoms with Crippen molar-refractivity contribution in [2.24, 2.45) is 0 Å². The lowest BCUT2D eigenvalue weighted by Crippen LogP contribution is -2.30. The molecule has 0 aliphatic carbocycles. The van der Waals surface area contributed by atoms with Gasteiger partial charge in [0.25, 0.3) is 5.56 Å². The van der Waals surface area contributed by atoms with Gasteiger partial charge in [-0.2, -0.15) is 0 Å². The van der Waals surface area contributed by atoms with Gasteiger partial charge in [0.1, 0.15) is 0 Å². The van der Waals surface area contributed by atoms with Gasteiger partial charge in [0.15, 0.2) is 0 Å². The summed E-state index contributed by atoms with van der Waals surface area (Å²) in [6, 6.07) is 0. The van der Waals surface area contributed by atoms with Gasteiger partial charge < -0.3 is 9.05 Å². The lowest BCUT2D eigenvalue weighted by atomic mass is 10.2. The lowest BCUT2D eigenvalue weighted by Gasteiger charge is -2.23. The molecule has 1 heterocycles. The molecular weight excluding hydrogens is 343 g/mol. The number of nitrogens with one attached hydrogen (secondary N) is 1. The third kappa shape index (κ3) is 5.14. The summed E-state index contributed by atoms with van der Waals surface area (Å²) < 4.78 is 25.5. The maximum Gasteiger partial charge on any atom is 0.359 e. The molecule has 0 saturated heterocycles. The molecule has 1 aromatic rings. The predicted octanol–water partition coefficient (Wildman–Crippen LogP) is 3.66. The van der Waals surface area contributed by atoms with Crippen molar-refractivity contribution in [3.63, 3.8) is 0 Å². The number of hydrogen-bond acceptors (Lipinski definition) is 5. The van der Waals surface area contributed by atoms with Gasteiger partial charge in [0.05, 0.1) is 24.2 Å². The summed E-state index contributed by atoms with van der Waals surface area (Å²) in [4.78, 5) is 26.1. The van der Waals surface area contributed by atoms with Crippen LogP contribution in [-0.2, 0) is 13.6 Å². The molecule has 0 unspecified atom stereocenters. The van der Waals surface area contributed by atoms with E-state index in [0.717, 1.165) is 12.8 Å². The predicted molar refractivity (Wildman–Crippen MR) is 99.9 cm³/mol. The van der Waals surface area contributed by atoms with Crippen LogP contribution in [0.2, 0.25) is 0 Å². The summed E-state index contributed by atoms with van der Waals surface area (Å²) in [5.41, 5.74) is -0.406. The zero-order valence-electron chi connectivity index (χ0n) is 15.3. The molecule has 0 aliphatic rings. The largest absolute Gasteiger partial charge is 0.359 e. The van der Waals surface area contributed by atoms with Gasteiger partial charge >= 0.3 is 13.3 Å². The third-order valence-electron chi connectivity index (χ3n) is 3.56. The van der Waals surface area contributed by atoms with E-state index in [0.29, 0.717) is 23.0 Å². The number of H-pyrrole nitrogens is 1. The molecule has 0 bridgehead atoms. The van der Waals surface area contributed by atoms with Gasteiger partial charge in [0.2, 0.25) is 0 Å². The van der Waals surface area contributed by atoms with Crippen LogP contribution in [0.25, 0.3) is 5.70 Å². The minimum Gasteiger partial charge on any atom is -0.306 e. The summed E-state index contributed by atoms with van der Waals surface area (Å²) in [5.74, 6) is 0. The number of unbranched alkanes of at least 4 members (excludes halogenated alkanes) is 1. The molecule has 8 heteroatoms. The van der Waals surface area contributed by atoms with Gasteiger partial charge in [-0.1, -0.05) is 19.9 Å². The van der Waals surface area contributed by atoms with Gasteiger partial charge in [-0.25, -0.2) is 4.79 Å². The molecule has 0 radical (unpaired) electrons.